The average Bonchev–Trinajstić information content (AvgIpc) is 3.27. The molecule has 1 N–H and O–H groups in total. The summed E-state index contributed by atoms with van der Waals surface area (Å²) in [5, 5.41) is 4.39. The minimum Gasteiger partial charge on any atom is -0.345 e. The monoisotopic (exact) mass is 314 g/mol. The van der Waals surface area contributed by atoms with Crippen LogP contribution < -0.4 is 0 Å². The quantitative estimate of drug-likeness (QED) is 0.615. The van der Waals surface area contributed by atoms with E-state index in [1.807, 2.05) is 23.1 Å². The highest BCUT2D eigenvalue weighted by molar-refractivity contribution is 5.56. The molecule has 2 aromatic heterocycles. The van der Waals surface area contributed by atoms with Crippen LogP contribution in [-0.4, -0.2) is 19.7 Å². The van der Waals surface area contributed by atoms with Crippen LogP contribution >= 0.6 is 0 Å². The summed E-state index contributed by atoms with van der Waals surface area (Å²) in [6.07, 6.45) is 6.33. The first kappa shape index (κ1) is 14.5. The van der Waals surface area contributed by atoms with Gasteiger partial charge in [-0.1, -0.05) is 30.3 Å². The van der Waals surface area contributed by atoms with E-state index in [0.717, 1.165) is 29.2 Å². The van der Waals surface area contributed by atoms with Crippen molar-refractivity contribution in [3.05, 3.63) is 90.0 Å². The van der Waals surface area contributed by atoms with E-state index >= 15 is 0 Å². The molecule has 118 valence electrons. The standard InChI is InChI=1S/C20H18N4/c1-15-8-9-23-24(15)19-7-3-5-17(14-19)12-16-4-2-6-18(13-16)20-21-10-11-22-20/h2-11,13-14H,12H2,1H3,(H,21,22). The van der Waals surface area contributed by atoms with Gasteiger partial charge in [0.2, 0.25) is 0 Å². The minimum atomic E-state index is 0.878. The van der Waals surface area contributed by atoms with Gasteiger partial charge in [0.05, 0.1) is 5.69 Å². The number of rotatable bonds is 4. The zero-order valence-electron chi connectivity index (χ0n) is 13.5. The highest BCUT2D eigenvalue weighted by Gasteiger charge is 2.05. The molecule has 2 aromatic carbocycles. The van der Waals surface area contributed by atoms with Gasteiger partial charge < -0.3 is 4.98 Å². The van der Waals surface area contributed by atoms with E-state index in [1.165, 1.54) is 11.1 Å². The van der Waals surface area contributed by atoms with Gasteiger partial charge in [-0.05, 0) is 48.7 Å². The Kier molecular flexibility index (Phi) is 3.71. The molecule has 0 bridgehead atoms. The molecular formula is C20H18N4. The van der Waals surface area contributed by atoms with Crippen LogP contribution in [0.1, 0.15) is 16.8 Å². The second-order valence-electron chi connectivity index (χ2n) is 5.87. The third kappa shape index (κ3) is 2.86. The minimum absolute atomic E-state index is 0.878. The molecule has 2 heterocycles. The summed E-state index contributed by atoms with van der Waals surface area (Å²) >= 11 is 0. The lowest BCUT2D eigenvalue weighted by Gasteiger charge is -2.08. The Hall–Kier alpha value is -3.14. The van der Waals surface area contributed by atoms with Gasteiger partial charge >= 0.3 is 0 Å². The first-order valence-electron chi connectivity index (χ1n) is 7.98. The van der Waals surface area contributed by atoms with Crippen molar-refractivity contribution in [1.82, 2.24) is 19.7 Å². The molecule has 0 aliphatic heterocycles. The Labute approximate surface area is 140 Å². The predicted octanol–water partition coefficient (Wildman–Crippen LogP) is 4.16. The van der Waals surface area contributed by atoms with Gasteiger partial charge in [0.1, 0.15) is 5.82 Å². The fourth-order valence-electron chi connectivity index (χ4n) is 2.93. The molecule has 0 amide bonds. The van der Waals surface area contributed by atoms with Crippen molar-refractivity contribution in [1.29, 1.82) is 0 Å². The molecular weight excluding hydrogens is 296 g/mol. The van der Waals surface area contributed by atoms with Gasteiger partial charge in [0, 0.05) is 29.8 Å². The number of benzene rings is 2. The Morgan fingerprint density at radius 1 is 0.958 bits per heavy atom. The summed E-state index contributed by atoms with van der Waals surface area (Å²) in [5.41, 5.74) is 5.86. The zero-order valence-corrected chi connectivity index (χ0v) is 13.5. The summed E-state index contributed by atoms with van der Waals surface area (Å²) in [6.45, 7) is 2.06. The maximum absolute atomic E-state index is 4.39. The van der Waals surface area contributed by atoms with Crippen molar-refractivity contribution in [3.8, 4) is 17.1 Å². The summed E-state index contributed by atoms with van der Waals surface area (Å²) < 4.78 is 1.96. The van der Waals surface area contributed by atoms with Crippen LogP contribution in [0.5, 0.6) is 0 Å². The van der Waals surface area contributed by atoms with Crippen LogP contribution in [0.15, 0.2) is 73.2 Å². The second-order valence-corrected chi connectivity index (χ2v) is 5.87. The predicted molar refractivity (Wildman–Crippen MR) is 95.1 cm³/mol. The molecule has 4 rings (SSSR count). The number of H-pyrrole nitrogens is 1. The van der Waals surface area contributed by atoms with E-state index < -0.39 is 0 Å². The summed E-state index contributed by atoms with van der Waals surface area (Å²) in [5.74, 6) is 0.901. The zero-order chi connectivity index (χ0) is 16.4. The molecule has 0 aliphatic rings. The number of aromatic nitrogens is 4. The number of imidazole rings is 1. The molecule has 0 saturated heterocycles. The smallest absolute Gasteiger partial charge is 0.137 e. The van der Waals surface area contributed by atoms with Crippen LogP contribution in [0.4, 0.5) is 0 Å². The first-order valence-corrected chi connectivity index (χ1v) is 7.98. The molecule has 4 heteroatoms. The Morgan fingerprint density at radius 2 is 1.79 bits per heavy atom. The Bertz CT molecular complexity index is 951. The molecule has 24 heavy (non-hydrogen) atoms. The normalized spacial score (nSPS) is 10.9. The largest absolute Gasteiger partial charge is 0.345 e. The number of aromatic amines is 1. The van der Waals surface area contributed by atoms with E-state index in [-0.39, 0.29) is 0 Å². The van der Waals surface area contributed by atoms with E-state index in [2.05, 4.69) is 70.5 Å². The lowest BCUT2D eigenvalue weighted by Crippen LogP contribution is -1.99. The van der Waals surface area contributed by atoms with Gasteiger partial charge in [-0.2, -0.15) is 5.10 Å². The Balaban J connectivity index is 1.62. The van der Waals surface area contributed by atoms with Crippen molar-refractivity contribution < 1.29 is 0 Å². The summed E-state index contributed by atoms with van der Waals surface area (Å²) in [6, 6.07) is 19.0. The summed E-state index contributed by atoms with van der Waals surface area (Å²) in [4.78, 5) is 7.48. The highest BCUT2D eigenvalue weighted by atomic mass is 15.3. The fraction of sp³-hybridized carbons (Fsp3) is 0.100. The third-order valence-electron chi connectivity index (χ3n) is 4.09. The number of nitrogens with zero attached hydrogens (tertiary/aromatic N) is 3. The summed E-state index contributed by atoms with van der Waals surface area (Å²) in [7, 11) is 0. The van der Waals surface area contributed by atoms with Crippen LogP contribution in [0.2, 0.25) is 0 Å². The lowest BCUT2D eigenvalue weighted by atomic mass is 10.0. The van der Waals surface area contributed by atoms with Gasteiger partial charge in [-0.15, -0.1) is 0 Å². The highest BCUT2D eigenvalue weighted by Crippen LogP contribution is 2.20. The average molecular weight is 314 g/mol. The number of aryl methyl sites for hydroxylation is 1. The van der Waals surface area contributed by atoms with Crippen LogP contribution in [0.25, 0.3) is 17.1 Å². The van der Waals surface area contributed by atoms with Gasteiger partial charge in [-0.3, -0.25) is 0 Å². The van der Waals surface area contributed by atoms with Crippen LogP contribution in [-0.2, 0) is 6.42 Å². The third-order valence-corrected chi connectivity index (χ3v) is 4.09. The molecule has 0 fully saturated rings. The molecule has 4 aromatic rings. The van der Waals surface area contributed by atoms with E-state index in [1.54, 1.807) is 6.20 Å². The van der Waals surface area contributed by atoms with E-state index in [0.29, 0.717) is 0 Å². The SMILES string of the molecule is Cc1ccnn1-c1cccc(Cc2cccc(-c3ncc[nH]3)c2)c1. The molecule has 0 radical (unpaired) electrons. The molecule has 0 saturated carbocycles. The molecule has 0 unspecified atom stereocenters. The van der Waals surface area contributed by atoms with Crippen LogP contribution in [0.3, 0.4) is 0 Å². The van der Waals surface area contributed by atoms with Crippen molar-refractivity contribution in [2.75, 3.05) is 0 Å². The molecule has 0 spiro atoms. The second kappa shape index (κ2) is 6.16. The van der Waals surface area contributed by atoms with Crippen molar-refractivity contribution in [3.63, 3.8) is 0 Å². The number of hydrogen-bond donors (Lipinski definition) is 1. The fourth-order valence-corrected chi connectivity index (χ4v) is 2.93. The van der Waals surface area contributed by atoms with Crippen molar-refractivity contribution in [2.24, 2.45) is 0 Å². The topological polar surface area (TPSA) is 46.5 Å². The maximum atomic E-state index is 4.39. The van der Waals surface area contributed by atoms with E-state index in [9.17, 15) is 0 Å². The number of hydrogen-bond acceptors (Lipinski definition) is 2. The van der Waals surface area contributed by atoms with Gasteiger partial charge in [0.25, 0.3) is 0 Å². The molecule has 0 atom stereocenters. The first-order chi connectivity index (χ1) is 11.8. The van der Waals surface area contributed by atoms with Gasteiger partial charge in [0.15, 0.2) is 0 Å². The van der Waals surface area contributed by atoms with Crippen molar-refractivity contribution >= 4 is 0 Å². The van der Waals surface area contributed by atoms with Crippen LogP contribution in [0, 0.1) is 6.92 Å². The lowest BCUT2D eigenvalue weighted by molar-refractivity contribution is 0.845. The maximum Gasteiger partial charge on any atom is 0.137 e. The van der Waals surface area contributed by atoms with E-state index in [4.69, 9.17) is 0 Å². The molecule has 0 aliphatic carbocycles. The van der Waals surface area contributed by atoms with Crippen molar-refractivity contribution in [2.45, 2.75) is 13.3 Å². The Morgan fingerprint density at radius 3 is 2.54 bits per heavy atom. The number of nitrogens with one attached hydrogen (secondary N) is 1. The van der Waals surface area contributed by atoms with Gasteiger partial charge in [-0.25, -0.2) is 9.67 Å². The molecule has 4 nitrogen and oxygen atoms in total.